The summed E-state index contributed by atoms with van der Waals surface area (Å²) in [5, 5.41) is 0. The fraction of sp³-hybridized carbons (Fsp3) is 0.278. The van der Waals surface area contributed by atoms with E-state index in [2.05, 4.69) is 43.1 Å². The maximum atomic E-state index is 12.3. The molecule has 228 valence electrons. The third-order valence-corrected chi connectivity index (χ3v) is 5.85. The number of hydrogen-bond donors (Lipinski definition) is 1. The van der Waals surface area contributed by atoms with Crippen molar-refractivity contribution in [3.8, 4) is 5.69 Å². The molecule has 0 aliphatic heterocycles. The Kier molecular flexibility index (Phi) is 19.1. The summed E-state index contributed by atoms with van der Waals surface area (Å²) >= 11 is 0. The van der Waals surface area contributed by atoms with Gasteiger partial charge in [0, 0.05) is 37.2 Å². The van der Waals surface area contributed by atoms with Crippen LogP contribution in [0.1, 0.15) is 66.7 Å². The van der Waals surface area contributed by atoms with Crippen LogP contribution in [-0.4, -0.2) is 18.4 Å². The zero-order chi connectivity index (χ0) is 28.8. The van der Waals surface area contributed by atoms with Gasteiger partial charge in [-0.05, 0) is 67.8 Å². The number of nitrogens with one attached hydrogen (secondary N) is 1. The number of H-pyrrole nitrogens is 1. The number of fused-ring (bicyclic) bond motifs is 2. The van der Waals surface area contributed by atoms with Crippen LogP contribution in [0.15, 0.2) is 120 Å². The van der Waals surface area contributed by atoms with Gasteiger partial charge in [-0.3, -0.25) is 14.2 Å². The van der Waals surface area contributed by atoms with Crippen molar-refractivity contribution in [2.75, 3.05) is 0 Å². The van der Waals surface area contributed by atoms with E-state index >= 15 is 0 Å². The number of nitrogens with zero attached hydrogens (tertiary/aromatic N) is 3. The predicted molar refractivity (Wildman–Crippen MR) is 185 cm³/mol. The highest BCUT2D eigenvalue weighted by Gasteiger charge is 2.05. The van der Waals surface area contributed by atoms with Gasteiger partial charge in [-0.15, -0.1) is 0 Å². The van der Waals surface area contributed by atoms with Crippen LogP contribution in [0.5, 0.6) is 0 Å². The summed E-state index contributed by atoms with van der Waals surface area (Å²) in [5.74, 6) is 0. The molecule has 0 bridgehead atoms. The summed E-state index contributed by atoms with van der Waals surface area (Å²) in [6.45, 7) is 14.2. The third-order valence-electron chi connectivity index (χ3n) is 5.85. The first-order valence-electron chi connectivity index (χ1n) is 13.4. The van der Waals surface area contributed by atoms with Crippen molar-refractivity contribution in [3.05, 3.63) is 147 Å². The van der Waals surface area contributed by atoms with Crippen LogP contribution in [0.25, 0.3) is 16.7 Å². The van der Waals surface area contributed by atoms with Crippen molar-refractivity contribution in [2.45, 2.75) is 70.7 Å². The number of benzene rings is 2. The average molecular weight is 573 g/mol. The van der Waals surface area contributed by atoms with Crippen LogP contribution < -0.4 is 11.1 Å². The normalized spacial score (nSPS) is 8.93. The first-order chi connectivity index (χ1) is 19.0. The Morgan fingerprint density at radius 3 is 1.50 bits per heavy atom. The van der Waals surface area contributed by atoms with Gasteiger partial charge in [0.1, 0.15) is 11.0 Å². The second-order valence-corrected chi connectivity index (χ2v) is 8.23. The van der Waals surface area contributed by atoms with Crippen molar-refractivity contribution >= 4 is 11.0 Å². The molecular weight excluding hydrogens is 520 g/mol. The minimum atomic E-state index is -0.0486. The van der Waals surface area contributed by atoms with Gasteiger partial charge in [-0.2, -0.15) is 0 Å². The summed E-state index contributed by atoms with van der Waals surface area (Å²) in [5.41, 5.74) is 6.09. The Morgan fingerprint density at radius 2 is 1.00 bits per heavy atom. The van der Waals surface area contributed by atoms with Crippen molar-refractivity contribution in [2.24, 2.45) is 0 Å². The molecule has 0 aliphatic rings. The lowest BCUT2D eigenvalue weighted by atomic mass is 10.1. The van der Waals surface area contributed by atoms with Gasteiger partial charge in [0.15, 0.2) is 0 Å². The minimum absolute atomic E-state index is 0. The van der Waals surface area contributed by atoms with Gasteiger partial charge in [0.05, 0.1) is 5.69 Å². The molecule has 0 saturated carbocycles. The van der Waals surface area contributed by atoms with Crippen molar-refractivity contribution in [3.63, 3.8) is 0 Å². The van der Waals surface area contributed by atoms with Gasteiger partial charge in [0.2, 0.25) is 0 Å². The molecule has 0 spiro atoms. The molecule has 0 amide bonds. The van der Waals surface area contributed by atoms with E-state index < -0.39 is 0 Å². The predicted octanol–water partition coefficient (Wildman–Crippen LogP) is 9.29. The summed E-state index contributed by atoms with van der Waals surface area (Å²) in [6, 6.07) is 23.5. The Hall–Kier alpha value is -4.58. The van der Waals surface area contributed by atoms with Crippen molar-refractivity contribution in [1.82, 2.24) is 18.4 Å². The van der Waals surface area contributed by atoms with Gasteiger partial charge in [-0.1, -0.05) is 92.4 Å². The van der Waals surface area contributed by atoms with Crippen LogP contribution in [0, 0.1) is 20.8 Å². The lowest BCUT2D eigenvalue weighted by Gasteiger charge is -2.09. The number of aryl methyl sites for hydroxylation is 3. The number of rotatable bonds is 1. The maximum Gasteiger partial charge on any atom is 0.279 e. The van der Waals surface area contributed by atoms with E-state index in [4.69, 9.17) is 0 Å². The Balaban J connectivity index is 0. The Bertz CT molecular complexity index is 1670. The van der Waals surface area contributed by atoms with E-state index in [-0.39, 0.29) is 33.4 Å². The van der Waals surface area contributed by atoms with E-state index in [1.165, 1.54) is 11.1 Å². The Morgan fingerprint density at radius 1 is 0.524 bits per heavy atom. The highest BCUT2D eigenvalue weighted by Crippen LogP contribution is 2.11. The molecule has 42 heavy (non-hydrogen) atoms. The van der Waals surface area contributed by atoms with Crippen molar-refractivity contribution < 1.29 is 0 Å². The first kappa shape index (κ1) is 39.6. The summed E-state index contributed by atoms with van der Waals surface area (Å²) in [7, 11) is 0. The number of para-hydroxylation sites is 1. The number of aromatic amines is 1. The molecule has 4 heterocycles. The Labute approximate surface area is 253 Å². The quantitative estimate of drug-likeness (QED) is 0.213. The van der Waals surface area contributed by atoms with Gasteiger partial charge < -0.3 is 13.8 Å². The van der Waals surface area contributed by atoms with Crippen LogP contribution in [0.2, 0.25) is 0 Å². The molecule has 0 unspecified atom stereocenters. The standard InChI is InChI=1S/C14H12N2O.C8H10.C7H6N2O.2C2H6.3CH4/c1-11-5-2-3-6-12(11)16-10-9-15-8-4-7-13(15)14(16)17;1-7-5-3-4-6-8(7)2;10-7-6-2-1-4-9(6)5-3-8-7;2*1-2;;;/h2-10H,1H3;3-6H,1-2H3;1-5H,(H,8,10);2*1-2H3;3*1H4. The molecule has 0 saturated heterocycles. The van der Waals surface area contributed by atoms with Crippen LogP contribution >= 0.6 is 0 Å². The fourth-order valence-electron chi connectivity index (χ4n) is 3.70. The second kappa shape index (κ2) is 20.3. The highest BCUT2D eigenvalue weighted by molar-refractivity contribution is 5.49. The number of aromatic nitrogens is 4. The van der Waals surface area contributed by atoms with Gasteiger partial charge in [-0.25, -0.2) is 0 Å². The largest absolute Gasteiger partial charge is 0.326 e. The molecule has 6 nitrogen and oxygen atoms in total. The average Bonchev–Trinajstić information content (AvgIpc) is 3.65. The van der Waals surface area contributed by atoms with E-state index in [1.54, 1.807) is 33.6 Å². The smallest absolute Gasteiger partial charge is 0.279 e. The summed E-state index contributed by atoms with van der Waals surface area (Å²) < 4.78 is 5.29. The van der Waals surface area contributed by atoms with Crippen molar-refractivity contribution in [1.29, 1.82) is 0 Å². The molecule has 6 rings (SSSR count). The lowest BCUT2D eigenvalue weighted by Crippen LogP contribution is -2.19. The first-order valence-corrected chi connectivity index (χ1v) is 13.4. The molecular formula is C36H52N4O2. The molecule has 0 radical (unpaired) electrons. The maximum absolute atomic E-state index is 12.3. The zero-order valence-corrected chi connectivity index (χ0v) is 24.1. The molecule has 1 N–H and O–H groups in total. The van der Waals surface area contributed by atoms with Gasteiger partial charge in [0.25, 0.3) is 11.1 Å². The summed E-state index contributed by atoms with van der Waals surface area (Å²) in [4.78, 5) is 25.8. The third kappa shape index (κ3) is 10.1. The molecule has 2 aromatic carbocycles. The number of hydrogen-bond acceptors (Lipinski definition) is 2. The molecule has 0 aliphatic carbocycles. The molecule has 4 aromatic heterocycles. The minimum Gasteiger partial charge on any atom is -0.326 e. The highest BCUT2D eigenvalue weighted by atomic mass is 16.1. The van der Waals surface area contributed by atoms with Gasteiger partial charge >= 0.3 is 0 Å². The molecule has 0 fully saturated rings. The van der Waals surface area contributed by atoms with E-state index in [9.17, 15) is 9.59 Å². The fourth-order valence-corrected chi connectivity index (χ4v) is 3.70. The van der Waals surface area contributed by atoms with Crippen LogP contribution in [-0.2, 0) is 0 Å². The SMILES string of the molecule is C.C.C.CC.CC.Cc1ccccc1-n1ccn2cccc2c1=O.Cc1ccccc1C.O=c1[nH]ccn2cccc12. The monoisotopic (exact) mass is 572 g/mol. The van der Waals surface area contributed by atoms with E-state index in [0.29, 0.717) is 11.0 Å². The lowest BCUT2D eigenvalue weighted by molar-refractivity contribution is 0.949. The topological polar surface area (TPSA) is 63.7 Å². The molecule has 6 aromatic rings. The zero-order valence-electron chi connectivity index (χ0n) is 24.1. The molecule has 0 atom stereocenters. The van der Waals surface area contributed by atoms with Crippen LogP contribution in [0.3, 0.4) is 0 Å². The van der Waals surface area contributed by atoms with E-state index in [1.807, 2.05) is 100 Å². The van der Waals surface area contributed by atoms with E-state index in [0.717, 1.165) is 11.3 Å². The van der Waals surface area contributed by atoms with Crippen LogP contribution in [0.4, 0.5) is 0 Å². The molecule has 6 heteroatoms. The summed E-state index contributed by atoms with van der Waals surface area (Å²) in [6.07, 6.45) is 10.8. The second-order valence-electron chi connectivity index (χ2n) is 8.23.